The third kappa shape index (κ3) is 3.56. The highest BCUT2D eigenvalue weighted by atomic mass is 79.9. The second-order valence-corrected chi connectivity index (χ2v) is 5.35. The van der Waals surface area contributed by atoms with E-state index in [9.17, 15) is 14.0 Å². The van der Waals surface area contributed by atoms with Crippen LogP contribution in [0.25, 0.3) is 11.0 Å². The van der Waals surface area contributed by atoms with Crippen molar-refractivity contribution in [1.82, 2.24) is 4.98 Å². The van der Waals surface area contributed by atoms with Crippen LogP contribution in [0.4, 0.5) is 4.39 Å². The van der Waals surface area contributed by atoms with Crippen molar-refractivity contribution < 1.29 is 35.2 Å². The van der Waals surface area contributed by atoms with Crippen molar-refractivity contribution in [2.24, 2.45) is 0 Å². The highest BCUT2D eigenvalue weighted by Gasteiger charge is 2.20. The molecule has 3 rings (SSSR count). The van der Waals surface area contributed by atoms with E-state index in [1.54, 1.807) is 17.0 Å². The van der Waals surface area contributed by atoms with Gasteiger partial charge in [-0.2, -0.15) is 4.57 Å². The average Bonchev–Trinajstić information content (AvgIpc) is 2.50. The van der Waals surface area contributed by atoms with E-state index in [0.717, 1.165) is 17.5 Å². The number of halogens is 2. The monoisotopic (exact) mass is 392 g/mol. The van der Waals surface area contributed by atoms with Gasteiger partial charge in [0.05, 0.1) is 6.20 Å². The van der Waals surface area contributed by atoms with Crippen molar-refractivity contribution in [3.63, 3.8) is 0 Å². The molecule has 0 aliphatic rings. The molecule has 0 aliphatic carbocycles. The molecule has 0 atom stereocenters. The van der Waals surface area contributed by atoms with Crippen LogP contribution in [0.1, 0.15) is 21.7 Å². The van der Waals surface area contributed by atoms with Crippen molar-refractivity contribution in [3.8, 4) is 0 Å². The summed E-state index contributed by atoms with van der Waals surface area (Å²) in [4.78, 5) is 28.6. The van der Waals surface area contributed by atoms with Gasteiger partial charge in [0.2, 0.25) is 12.3 Å². The molecule has 0 amide bonds. The molecule has 24 heavy (non-hydrogen) atoms. The first kappa shape index (κ1) is 17.9. The molecule has 1 aromatic carbocycles. The Labute approximate surface area is 147 Å². The van der Waals surface area contributed by atoms with E-state index in [2.05, 4.69) is 4.98 Å². The average molecular weight is 393 g/mol. The maximum absolute atomic E-state index is 13.2. The summed E-state index contributed by atoms with van der Waals surface area (Å²) in [6.45, 7) is 3.65. The van der Waals surface area contributed by atoms with Crippen LogP contribution >= 0.6 is 0 Å². The van der Waals surface area contributed by atoms with E-state index in [4.69, 9.17) is 4.42 Å². The van der Waals surface area contributed by atoms with Gasteiger partial charge < -0.3 is 21.4 Å². The third-order valence-electron chi connectivity index (χ3n) is 3.56. The lowest BCUT2D eigenvalue weighted by atomic mass is 10.1. The zero-order valence-corrected chi connectivity index (χ0v) is 14.6. The van der Waals surface area contributed by atoms with Crippen LogP contribution in [0.2, 0.25) is 0 Å². The standard InChI is InChI=1S/C17H14FN2O3.BrH/c1-10-8-20(11(2)7-19-10)9-15(21)14-5-12-3-4-13(18)6-16(12)23-17(14)22;/h3-8H,9H2,1-2H3;1H/q+1;/p-1. The van der Waals surface area contributed by atoms with Gasteiger partial charge >= 0.3 is 5.63 Å². The number of fused-ring (bicyclic) bond motifs is 1. The molecule has 3 aromatic rings. The van der Waals surface area contributed by atoms with Gasteiger partial charge in [0, 0.05) is 18.4 Å². The Kier molecular flexibility index (Phi) is 5.23. The van der Waals surface area contributed by atoms with Crippen molar-refractivity contribution in [2.45, 2.75) is 20.4 Å². The molecule has 0 bridgehead atoms. The highest BCUT2D eigenvalue weighted by Crippen LogP contribution is 2.15. The molecule has 0 saturated carbocycles. The molecule has 124 valence electrons. The fourth-order valence-electron chi connectivity index (χ4n) is 2.32. The molecule has 0 aliphatic heterocycles. The normalized spacial score (nSPS) is 10.5. The number of rotatable bonds is 3. The van der Waals surface area contributed by atoms with Gasteiger partial charge in [-0.3, -0.25) is 4.79 Å². The summed E-state index contributed by atoms with van der Waals surface area (Å²) in [6, 6.07) is 5.28. The van der Waals surface area contributed by atoms with Gasteiger partial charge in [0.1, 0.15) is 22.7 Å². The predicted octanol–water partition coefficient (Wildman–Crippen LogP) is -0.882. The second-order valence-electron chi connectivity index (χ2n) is 5.35. The van der Waals surface area contributed by atoms with Crippen molar-refractivity contribution in [1.29, 1.82) is 0 Å². The Morgan fingerprint density at radius 1 is 1.29 bits per heavy atom. The smallest absolute Gasteiger partial charge is 0.347 e. The molecule has 0 N–H and O–H groups in total. The zero-order chi connectivity index (χ0) is 16.6. The van der Waals surface area contributed by atoms with Crippen molar-refractivity contribution >= 4 is 16.8 Å². The predicted molar refractivity (Wildman–Crippen MR) is 80.7 cm³/mol. The first-order valence-corrected chi connectivity index (χ1v) is 7.03. The molecule has 0 saturated heterocycles. The van der Waals surface area contributed by atoms with E-state index in [1.165, 1.54) is 18.2 Å². The maximum atomic E-state index is 13.2. The molecule has 5 nitrogen and oxygen atoms in total. The van der Waals surface area contributed by atoms with Gasteiger partial charge in [-0.05, 0) is 25.1 Å². The number of hydrogen-bond donors (Lipinski definition) is 0. The minimum atomic E-state index is -0.767. The molecule has 0 fully saturated rings. The maximum Gasteiger partial charge on any atom is 0.347 e. The summed E-state index contributed by atoms with van der Waals surface area (Å²) in [7, 11) is 0. The third-order valence-corrected chi connectivity index (χ3v) is 3.56. The van der Waals surface area contributed by atoms with E-state index in [0.29, 0.717) is 5.39 Å². The Morgan fingerprint density at radius 2 is 2.04 bits per heavy atom. The van der Waals surface area contributed by atoms with Gasteiger partial charge in [0.15, 0.2) is 11.9 Å². The molecular formula is C17H14BrFN2O3. The van der Waals surface area contributed by atoms with Gasteiger partial charge in [-0.25, -0.2) is 14.2 Å². The number of aryl methyl sites for hydroxylation is 2. The molecule has 2 heterocycles. The van der Waals surface area contributed by atoms with Crippen molar-refractivity contribution in [2.75, 3.05) is 0 Å². The van der Waals surface area contributed by atoms with Gasteiger partial charge in [-0.1, -0.05) is 0 Å². The van der Waals surface area contributed by atoms with Crippen LogP contribution in [0.15, 0.2) is 45.9 Å². The van der Waals surface area contributed by atoms with Crippen LogP contribution in [-0.4, -0.2) is 10.8 Å². The summed E-state index contributed by atoms with van der Waals surface area (Å²) in [5, 5.41) is 0.502. The zero-order valence-electron chi connectivity index (χ0n) is 13.0. The molecule has 7 heteroatoms. The number of aromatic nitrogens is 2. The summed E-state index contributed by atoms with van der Waals surface area (Å²) in [5.74, 6) is -0.873. The first-order chi connectivity index (χ1) is 10.9. The quantitative estimate of drug-likeness (QED) is 0.330. The lowest BCUT2D eigenvalue weighted by Gasteiger charge is -2.02. The Balaban J connectivity index is 0.00000208. The molecule has 2 aromatic heterocycles. The number of nitrogens with zero attached hydrogens (tertiary/aromatic N) is 2. The SMILES string of the molecule is Cc1c[n+](CC(=O)c2cc3ccc(F)cc3oc2=O)c(C)cn1.[Br-]. The molecule has 0 radical (unpaired) electrons. The second kappa shape index (κ2) is 7.00. The number of ketones is 1. The fourth-order valence-corrected chi connectivity index (χ4v) is 2.32. The lowest BCUT2D eigenvalue weighted by Crippen LogP contribution is -3.00. The molecule has 0 spiro atoms. The van der Waals surface area contributed by atoms with Gasteiger partial charge in [0.25, 0.3) is 0 Å². The van der Waals surface area contributed by atoms with Crippen LogP contribution < -0.4 is 27.2 Å². The number of hydrogen-bond acceptors (Lipinski definition) is 4. The van der Waals surface area contributed by atoms with Crippen LogP contribution in [0.3, 0.4) is 0 Å². The van der Waals surface area contributed by atoms with Crippen molar-refractivity contribution in [3.05, 3.63) is 69.8 Å². The topological polar surface area (TPSA) is 64.1 Å². The number of carbonyl (C=O) groups is 1. The largest absolute Gasteiger partial charge is 1.00 e. The molecular weight excluding hydrogens is 379 g/mol. The van der Waals surface area contributed by atoms with E-state index >= 15 is 0 Å². The fraction of sp³-hybridized carbons (Fsp3) is 0.176. The van der Waals surface area contributed by atoms with Crippen LogP contribution in [0, 0.1) is 19.7 Å². The number of carbonyl (C=O) groups excluding carboxylic acids is 1. The summed E-state index contributed by atoms with van der Waals surface area (Å²) in [5.41, 5.74) is 0.873. The number of Topliss-reactive ketones (excluding diaryl/α,β-unsaturated/α-hetero) is 1. The summed E-state index contributed by atoms with van der Waals surface area (Å²) < 4.78 is 19.9. The van der Waals surface area contributed by atoms with Crippen LogP contribution in [0.5, 0.6) is 0 Å². The van der Waals surface area contributed by atoms with E-state index in [-0.39, 0.29) is 40.5 Å². The first-order valence-electron chi connectivity index (χ1n) is 7.03. The minimum Gasteiger partial charge on any atom is -1.00 e. The summed E-state index contributed by atoms with van der Waals surface area (Å²) in [6.07, 6.45) is 3.40. The Bertz CT molecular complexity index is 985. The van der Waals surface area contributed by atoms with E-state index < -0.39 is 11.4 Å². The highest BCUT2D eigenvalue weighted by molar-refractivity contribution is 5.97. The summed E-state index contributed by atoms with van der Waals surface area (Å²) >= 11 is 0. The van der Waals surface area contributed by atoms with Gasteiger partial charge in [-0.15, -0.1) is 0 Å². The Hall–Kier alpha value is -2.41. The Morgan fingerprint density at radius 3 is 2.79 bits per heavy atom. The minimum absolute atomic E-state index is 0. The van der Waals surface area contributed by atoms with E-state index in [1.807, 2.05) is 13.8 Å². The molecule has 0 unspecified atom stereocenters. The number of benzene rings is 1. The van der Waals surface area contributed by atoms with Crippen LogP contribution in [-0.2, 0) is 6.54 Å². The lowest BCUT2D eigenvalue weighted by molar-refractivity contribution is -0.690.